The van der Waals surface area contributed by atoms with E-state index in [0.717, 1.165) is 17.0 Å². The normalized spacial score (nSPS) is 10.3. The lowest BCUT2D eigenvalue weighted by Crippen LogP contribution is -1.99. The number of nitrogens with zero attached hydrogens (tertiary/aromatic N) is 2. The summed E-state index contributed by atoms with van der Waals surface area (Å²) in [7, 11) is 1.63. The summed E-state index contributed by atoms with van der Waals surface area (Å²) in [4.78, 5) is 0. The van der Waals surface area contributed by atoms with Gasteiger partial charge >= 0.3 is 0 Å². The molecule has 15 heavy (non-hydrogen) atoms. The maximum Gasteiger partial charge on any atom is 0.144 e. The third kappa shape index (κ3) is 1.79. The number of rotatable bonds is 2. The lowest BCUT2D eigenvalue weighted by molar-refractivity contribution is 0.412. The summed E-state index contributed by atoms with van der Waals surface area (Å²) in [5.41, 5.74) is 8.37. The molecule has 0 aliphatic carbocycles. The summed E-state index contributed by atoms with van der Waals surface area (Å²) in [6.45, 7) is 1.99. The Morgan fingerprint density at radius 2 is 2.20 bits per heavy atom. The Balaban J connectivity index is 2.55. The van der Waals surface area contributed by atoms with E-state index in [9.17, 15) is 0 Å². The first-order valence-electron chi connectivity index (χ1n) is 4.66. The summed E-state index contributed by atoms with van der Waals surface area (Å²) < 4.78 is 7.00. The fraction of sp³-hybridized carbons (Fsp3) is 0.182. The SMILES string of the molecule is COc1ccc(N)cc1-n1cc(C)cn1. The van der Waals surface area contributed by atoms with Crippen LogP contribution >= 0.6 is 0 Å². The zero-order chi connectivity index (χ0) is 10.8. The predicted molar refractivity (Wildman–Crippen MR) is 59.3 cm³/mol. The van der Waals surface area contributed by atoms with E-state index in [0.29, 0.717) is 5.69 Å². The van der Waals surface area contributed by atoms with Crippen molar-refractivity contribution in [1.82, 2.24) is 9.78 Å². The van der Waals surface area contributed by atoms with Gasteiger partial charge in [-0.2, -0.15) is 5.10 Å². The zero-order valence-electron chi connectivity index (χ0n) is 8.77. The third-order valence-electron chi connectivity index (χ3n) is 2.16. The van der Waals surface area contributed by atoms with Gasteiger partial charge in [-0.25, -0.2) is 4.68 Å². The number of aromatic nitrogens is 2. The van der Waals surface area contributed by atoms with E-state index in [1.165, 1.54) is 0 Å². The van der Waals surface area contributed by atoms with Gasteiger partial charge in [0.15, 0.2) is 0 Å². The molecule has 0 atom stereocenters. The number of aryl methyl sites for hydroxylation is 1. The molecule has 1 aromatic heterocycles. The highest BCUT2D eigenvalue weighted by Gasteiger charge is 2.06. The van der Waals surface area contributed by atoms with Gasteiger partial charge in [0.25, 0.3) is 0 Å². The van der Waals surface area contributed by atoms with E-state index >= 15 is 0 Å². The van der Waals surface area contributed by atoms with E-state index in [2.05, 4.69) is 5.10 Å². The van der Waals surface area contributed by atoms with Gasteiger partial charge in [0.05, 0.1) is 13.3 Å². The minimum Gasteiger partial charge on any atom is -0.494 e. The molecule has 0 aliphatic rings. The largest absolute Gasteiger partial charge is 0.494 e. The van der Waals surface area contributed by atoms with Crippen LogP contribution in [0.25, 0.3) is 5.69 Å². The first-order valence-corrected chi connectivity index (χ1v) is 4.66. The Morgan fingerprint density at radius 3 is 2.80 bits per heavy atom. The van der Waals surface area contributed by atoms with Crippen molar-refractivity contribution < 1.29 is 4.74 Å². The molecule has 0 radical (unpaired) electrons. The summed E-state index contributed by atoms with van der Waals surface area (Å²) in [6, 6.07) is 5.48. The number of hydrogen-bond donors (Lipinski definition) is 1. The first kappa shape index (κ1) is 9.58. The van der Waals surface area contributed by atoms with E-state index in [1.807, 2.05) is 25.3 Å². The molecule has 0 amide bonds. The van der Waals surface area contributed by atoms with E-state index in [1.54, 1.807) is 24.1 Å². The fourth-order valence-corrected chi connectivity index (χ4v) is 1.43. The molecule has 2 aromatic rings. The molecular formula is C11H13N3O. The van der Waals surface area contributed by atoms with Gasteiger partial charge in [0.1, 0.15) is 11.4 Å². The van der Waals surface area contributed by atoms with Crippen molar-refractivity contribution in [2.75, 3.05) is 12.8 Å². The topological polar surface area (TPSA) is 53.1 Å². The van der Waals surface area contributed by atoms with Crippen LogP contribution in [0.3, 0.4) is 0 Å². The Hall–Kier alpha value is -1.97. The lowest BCUT2D eigenvalue weighted by Gasteiger charge is -2.08. The van der Waals surface area contributed by atoms with Crippen LogP contribution in [-0.2, 0) is 0 Å². The van der Waals surface area contributed by atoms with Crippen molar-refractivity contribution in [3.05, 3.63) is 36.2 Å². The van der Waals surface area contributed by atoms with Gasteiger partial charge in [0, 0.05) is 11.9 Å². The van der Waals surface area contributed by atoms with Gasteiger partial charge in [0.2, 0.25) is 0 Å². The molecule has 78 valence electrons. The molecule has 4 nitrogen and oxygen atoms in total. The average Bonchev–Trinajstić information content (AvgIpc) is 2.65. The molecule has 0 aliphatic heterocycles. The lowest BCUT2D eigenvalue weighted by atomic mass is 10.2. The summed E-state index contributed by atoms with van der Waals surface area (Å²) in [5, 5.41) is 4.22. The van der Waals surface area contributed by atoms with Crippen LogP contribution in [0.15, 0.2) is 30.6 Å². The van der Waals surface area contributed by atoms with Crippen molar-refractivity contribution in [3.8, 4) is 11.4 Å². The summed E-state index contributed by atoms with van der Waals surface area (Å²) in [6.07, 6.45) is 3.72. The second-order valence-electron chi connectivity index (χ2n) is 3.39. The molecule has 2 rings (SSSR count). The van der Waals surface area contributed by atoms with Crippen molar-refractivity contribution in [2.45, 2.75) is 6.92 Å². The number of anilines is 1. The van der Waals surface area contributed by atoms with Crippen LogP contribution < -0.4 is 10.5 Å². The van der Waals surface area contributed by atoms with Crippen molar-refractivity contribution in [3.63, 3.8) is 0 Å². The number of benzene rings is 1. The predicted octanol–water partition coefficient (Wildman–Crippen LogP) is 1.77. The summed E-state index contributed by atoms with van der Waals surface area (Å²) in [5.74, 6) is 0.757. The van der Waals surface area contributed by atoms with Gasteiger partial charge in [-0.1, -0.05) is 0 Å². The average molecular weight is 203 g/mol. The van der Waals surface area contributed by atoms with Gasteiger partial charge in [-0.3, -0.25) is 0 Å². The van der Waals surface area contributed by atoms with E-state index in [-0.39, 0.29) is 0 Å². The minimum absolute atomic E-state index is 0.693. The van der Waals surface area contributed by atoms with Crippen LogP contribution in [0.5, 0.6) is 5.75 Å². The Labute approximate surface area is 88.3 Å². The highest BCUT2D eigenvalue weighted by Crippen LogP contribution is 2.24. The molecule has 2 N–H and O–H groups in total. The standard InChI is InChI=1S/C11H13N3O/c1-8-6-13-14(7-8)10-5-9(12)3-4-11(10)15-2/h3-7H,12H2,1-2H3. The van der Waals surface area contributed by atoms with Crippen LogP contribution in [0, 0.1) is 6.92 Å². The fourth-order valence-electron chi connectivity index (χ4n) is 1.43. The Morgan fingerprint density at radius 1 is 1.40 bits per heavy atom. The van der Waals surface area contributed by atoms with Gasteiger partial charge in [-0.15, -0.1) is 0 Å². The molecule has 0 saturated heterocycles. The van der Waals surface area contributed by atoms with Crippen LogP contribution in [-0.4, -0.2) is 16.9 Å². The van der Waals surface area contributed by atoms with E-state index < -0.39 is 0 Å². The second-order valence-corrected chi connectivity index (χ2v) is 3.39. The highest BCUT2D eigenvalue weighted by atomic mass is 16.5. The Bertz CT molecular complexity index is 476. The minimum atomic E-state index is 0.693. The van der Waals surface area contributed by atoms with Crippen molar-refractivity contribution >= 4 is 5.69 Å². The second kappa shape index (κ2) is 3.65. The Kier molecular flexibility index (Phi) is 2.33. The number of ether oxygens (including phenoxy) is 1. The molecule has 0 bridgehead atoms. The number of nitrogens with two attached hydrogens (primary N) is 1. The quantitative estimate of drug-likeness (QED) is 0.757. The number of hydrogen-bond acceptors (Lipinski definition) is 3. The molecule has 0 spiro atoms. The molecule has 1 aromatic carbocycles. The van der Waals surface area contributed by atoms with Crippen LogP contribution in [0.4, 0.5) is 5.69 Å². The first-order chi connectivity index (χ1) is 7.20. The molecule has 0 fully saturated rings. The highest BCUT2D eigenvalue weighted by molar-refractivity contribution is 5.56. The maximum atomic E-state index is 5.73. The third-order valence-corrected chi connectivity index (χ3v) is 2.16. The summed E-state index contributed by atoms with van der Waals surface area (Å²) >= 11 is 0. The van der Waals surface area contributed by atoms with Gasteiger partial charge < -0.3 is 10.5 Å². The van der Waals surface area contributed by atoms with Crippen LogP contribution in [0.2, 0.25) is 0 Å². The van der Waals surface area contributed by atoms with Crippen molar-refractivity contribution in [1.29, 1.82) is 0 Å². The van der Waals surface area contributed by atoms with Crippen molar-refractivity contribution in [2.24, 2.45) is 0 Å². The number of methoxy groups -OCH3 is 1. The number of nitrogen functional groups attached to an aromatic ring is 1. The van der Waals surface area contributed by atoms with Gasteiger partial charge in [-0.05, 0) is 30.7 Å². The zero-order valence-corrected chi connectivity index (χ0v) is 8.77. The molecule has 0 saturated carbocycles. The molecule has 0 unspecified atom stereocenters. The maximum absolute atomic E-state index is 5.73. The monoisotopic (exact) mass is 203 g/mol. The smallest absolute Gasteiger partial charge is 0.144 e. The molecule has 4 heteroatoms. The molecule has 1 heterocycles. The van der Waals surface area contributed by atoms with E-state index in [4.69, 9.17) is 10.5 Å². The molecular weight excluding hydrogens is 190 g/mol. The van der Waals surface area contributed by atoms with Crippen LogP contribution in [0.1, 0.15) is 5.56 Å².